The predicted molar refractivity (Wildman–Crippen MR) is 118 cm³/mol. The van der Waals surface area contributed by atoms with E-state index in [9.17, 15) is 4.79 Å². The van der Waals surface area contributed by atoms with Gasteiger partial charge in [-0.2, -0.15) is 5.10 Å². The molecular formula is C23H28N4O3. The monoisotopic (exact) mass is 408 g/mol. The molecule has 0 unspecified atom stereocenters. The average molecular weight is 409 g/mol. The van der Waals surface area contributed by atoms with E-state index in [0.717, 1.165) is 28.3 Å². The molecule has 7 nitrogen and oxygen atoms in total. The number of benzene rings is 2. The summed E-state index contributed by atoms with van der Waals surface area (Å²) in [6.45, 7) is 4.71. The van der Waals surface area contributed by atoms with E-state index < -0.39 is 0 Å². The van der Waals surface area contributed by atoms with Crippen LogP contribution in [-0.4, -0.2) is 48.4 Å². The van der Waals surface area contributed by atoms with Gasteiger partial charge in [0.2, 0.25) is 5.91 Å². The summed E-state index contributed by atoms with van der Waals surface area (Å²) in [5.74, 6) is 1.27. The van der Waals surface area contributed by atoms with Crippen LogP contribution in [0.1, 0.15) is 17.0 Å². The zero-order valence-corrected chi connectivity index (χ0v) is 18.1. The fourth-order valence-electron chi connectivity index (χ4n) is 3.41. The van der Waals surface area contributed by atoms with Crippen molar-refractivity contribution in [1.82, 2.24) is 14.7 Å². The van der Waals surface area contributed by atoms with Crippen molar-refractivity contribution in [3.63, 3.8) is 0 Å². The van der Waals surface area contributed by atoms with Gasteiger partial charge in [-0.05, 0) is 50.7 Å². The Hall–Kier alpha value is -3.32. The van der Waals surface area contributed by atoms with Crippen LogP contribution in [0.5, 0.6) is 11.5 Å². The van der Waals surface area contributed by atoms with Crippen molar-refractivity contribution >= 4 is 11.6 Å². The Morgan fingerprint density at radius 1 is 1.07 bits per heavy atom. The number of hydrogen-bond acceptors (Lipinski definition) is 5. The van der Waals surface area contributed by atoms with Crippen LogP contribution >= 0.6 is 0 Å². The molecule has 0 saturated carbocycles. The zero-order chi connectivity index (χ0) is 21.7. The number of anilines is 1. The molecule has 0 aliphatic carbocycles. The molecule has 3 rings (SSSR count). The molecule has 0 aliphatic heterocycles. The number of amides is 1. The third-order valence-corrected chi connectivity index (χ3v) is 4.87. The van der Waals surface area contributed by atoms with E-state index in [1.54, 1.807) is 14.2 Å². The number of aryl methyl sites for hydroxylation is 1. The van der Waals surface area contributed by atoms with Crippen molar-refractivity contribution < 1.29 is 14.3 Å². The van der Waals surface area contributed by atoms with Crippen molar-refractivity contribution in [2.24, 2.45) is 0 Å². The summed E-state index contributed by atoms with van der Waals surface area (Å²) >= 11 is 0. The third-order valence-electron chi connectivity index (χ3n) is 4.87. The first kappa shape index (κ1) is 21.4. The molecule has 2 aromatic carbocycles. The Bertz CT molecular complexity index is 1010. The molecule has 0 aliphatic rings. The molecule has 30 heavy (non-hydrogen) atoms. The standard InChI is InChI=1S/C23H28N4O3/c1-16-23(17(2)27(25-16)19-9-7-6-8-10-19)24-22(28)15-26(3)14-18-11-12-20(29-4)21(13-18)30-5/h6-13H,14-15H2,1-5H3,(H,24,28). The summed E-state index contributed by atoms with van der Waals surface area (Å²) in [5, 5.41) is 7.60. The first-order valence-electron chi connectivity index (χ1n) is 9.74. The second kappa shape index (κ2) is 9.45. The number of methoxy groups -OCH3 is 2. The smallest absolute Gasteiger partial charge is 0.238 e. The summed E-state index contributed by atoms with van der Waals surface area (Å²) in [6.07, 6.45) is 0. The van der Waals surface area contributed by atoms with Gasteiger partial charge in [0.05, 0.1) is 43.5 Å². The summed E-state index contributed by atoms with van der Waals surface area (Å²) in [6, 6.07) is 15.6. The van der Waals surface area contributed by atoms with E-state index in [1.807, 2.05) is 79.0 Å². The van der Waals surface area contributed by atoms with Crippen LogP contribution in [0.3, 0.4) is 0 Å². The van der Waals surface area contributed by atoms with Crippen LogP contribution in [0.2, 0.25) is 0 Å². The number of para-hydroxylation sites is 1. The fraction of sp³-hybridized carbons (Fsp3) is 0.304. The van der Waals surface area contributed by atoms with Gasteiger partial charge in [-0.1, -0.05) is 24.3 Å². The molecule has 7 heteroatoms. The van der Waals surface area contributed by atoms with Gasteiger partial charge in [-0.25, -0.2) is 4.68 Å². The lowest BCUT2D eigenvalue weighted by Crippen LogP contribution is -2.30. The van der Waals surface area contributed by atoms with Gasteiger partial charge in [0.1, 0.15) is 0 Å². The topological polar surface area (TPSA) is 68.6 Å². The molecule has 0 spiro atoms. The van der Waals surface area contributed by atoms with Crippen molar-refractivity contribution in [1.29, 1.82) is 0 Å². The van der Waals surface area contributed by atoms with E-state index in [1.165, 1.54) is 0 Å². The van der Waals surface area contributed by atoms with Crippen molar-refractivity contribution in [2.45, 2.75) is 20.4 Å². The second-order valence-corrected chi connectivity index (χ2v) is 7.20. The third kappa shape index (κ3) is 4.80. The second-order valence-electron chi connectivity index (χ2n) is 7.20. The lowest BCUT2D eigenvalue weighted by Gasteiger charge is -2.17. The largest absolute Gasteiger partial charge is 0.493 e. The van der Waals surface area contributed by atoms with E-state index >= 15 is 0 Å². The highest BCUT2D eigenvalue weighted by molar-refractivity contribution is 5.93. The maximum absolute atomic E-state index is 12.7. The first-order valence-corrected chi connectivity index (χ1v) is 9.74. The molecule has 1 heterocycles. The summed E-state index contributed by atoms with van der Waals surface area (Å²) < 4.78 is 12.5. The highest BCUT2D eigenvalue weighted by Crippen LogP contribution is 2.28. The summed E-state index contributed by atoms with van der Waals surface area (Å²) in [4.78, 5) is 14.6. The van der Waals surface area contributed by atoms with Gasteiger partial charge in [0.25, 0.3) is 0 Å². The van der Waals surface area contributed by atoms with Crippen molar-refractivity contribution in [3.05, 3.63) is 65.5 Å². The number of ether oxygens (including phenoxy) is 2. The molecule has 1 amide bonds. The molecule has 1 aromatic heterocycles. The molecule has 0 bridgehead atoms. The van der Waals surface area contributed by atoms with Gasteiger partial charge in [0, 0.05) is 6.54 Å². The molecular weight excluding hydrogens is 380 g/mol. The highest BCUT2D eigenvalue weighted by atomic mass is 16.5. The fourth-order valence-corrected chi connectivity index (χ4v) is 3.41. The van der Waals surface area contributed by atoms with Crippen LogP contribution < -0.4 is 14.8 Å². The SMILES string of the molecule is COc1ccc(CN(C)CC(=O)Nc2c(C)nn(-c3ccccc3)c2C)cc1OC. The van der Waals surface area contributed by atoms with Gasteiger partial charge < -0.3 is 14.8 Å². The Kier molecular flexibility index (Phi) is 6.74. The average Bonchev–Trinajstić information content (AvgIpc) is 3.02. The normalized spacial score (nSPS) is 10.9. The van der Waals surface area contributed by atoms with Gasteiger partial charge in [-0.15, -0.1) is 0 Å². The molecule has 3 aromatic rings. The molecule has 0 atom stereocenters. The molecule has 0 fully saturated rings. The highest BCUT2D eigenvalue weighted by Gasteiger charge is 2.16. The number of hydrogen-bond donors (Lipinski definition) is 1. The zero-order valence-electron chi connectivity index (χ0n) is 18.1. The number of rotatable bonds is 8. The van der Waals surface area contributed by atoms with E-state index in [4.69, 9.17) is 9.47 Å². The lowest BCUT2D eigenvalue weighted by molar-refractivity contribution is -0.117. The molecule has 0 radical (unpaired) electrons. The van der Waals surface area contributed by atoms with Crippen LogP contribution in [0.15, 0.2) is 48.5 Å². The number of carbonyl (C=O) groups excluding carboxylic acids is 1. The first-order chi connectivity index (χ1) is 14.4. The minimum absolute atomic E-state index is 0.0863. The number of nitrogens with zero attached hydrogens (tertiary/aromatic N) is 3. The van der Waals surface area contributed by atoms with Gasteiger partial charge in [0.15, 0.2) is 11.5 Å². The molecule has 1 N–H and O–H groups in total. The minimum atomic E-state index is -0.0863. The summed E-state index contributed by atoms with van der Waals surface area (Å²) in [5.41, 5.74) is 4.43. The molecule has 0 saturated heterocycles. The Morgan fingerprint density at radius 3 is 2.43 bits per heavy atom. The van der Waals surface area contributed by atoms with E-state index in [2.05, 4.69) is 10.4 Å². The number of aromatic nitrogens is 2. The number of carbonyl (C=O) groups is 1. The Balaban J connectivity index is 1.65. The van der Waals surface area contributed by atoms with Gasteiger partial charge in [-0.3, -0.25) is 9.69 Å². The van der Waals surface area contributed by atoms with Crippen molar-refractivity contribution in [2.75, 3.05) is 33.1 Å². The number of likely N-dealkylation sites (N-methyl/N-ethyl adjacent to an activating group) is 1. The Morgan fingerprint density at radius 2 is 1.77 bits per heavy atom. The van der Waals surface area contributed by atoms with E-state index in [0.29, 0.717) is 18.0 Å². The van der Waals surface area contributed by atoms with E-state index in [-0.39, 0.29) is 12.5 Å². The van der Waals surface area contributed by atoms with Crippen molar-refractivity contribution in [3.8, 4) is 17.2 Å². The molecule has 158 valence electrons. The van der Waals surface area contributed by atoms with Crippen LogP contribution in [0.25, 0.3) is 5.69 Å². The Labute approximate surface area is 177 Å². The summed E-state index contributed by atoms with van der Waals surface area (Å²) in [7, 11) is 5.13. The predicted octanol–water partition coefficient (Wildman–Crippen LogP) is 3.58. The quantitative estimate of drug-likeness (QED) is 0.617. The van der Waals surface area contributed by atoms with Crippen LogP contribution in [-0.2, 0) is 11.3 Å². The van der Waals surface area contributed by atoms with Crippen LogP contribution in [0, 0.1) is 13.8 Å². The maximum Gasteiger partial charge on any atom is 0.238 e. The number of nitrogens with one attached hydrogen (secondary N) is 1. The van der Waals surface area contributed by atoms with Crippen LogP contribution in [0.4, 0.5) is 5.69 Å². The minimum Gasteiger partial charge on any atom is -0.493 e. The maximum atomic E-state index is 12.7. The van der Waals surface area contributed by atoms with Gasteiger partial charge >= 0.3 is 0 Å². The lowest BCUT2D eigenvalue weighted by atomic mass is 10.2.